The number of anilines is 1. The number of para-hydroxylation sites is 1. The number of benzene rings is 1. The normalized spacial score (nSPS) is 20.7. The van der Waals surface area contributed by atoms with E-state index in [2.05, 4.69) is 20.8 Å². The molecule has 1 aliphatic heterocycles. The Kier molecular flexibility index (Phi) is 3.92. The Morgan fingerprint density at radius 3 is 2.68 bits per heavy atom. The highest BCUT2D eigenvalue weighted by molar-refractivity contribution is 5.95. The average molecular weight is 263 g/mol. The quantitative estimate of drug-likeness (QED) is 0.883. The molecular formula is C15H21NO3. The molecule has 1 unspecified atom stereocenters. The van der Waals surface area contributed by atoms with E-state index < -0.39 is 0 Å². The van der Waals surface area contributed by atoms with Crippen LogP contribution in [-0.2, 0) is 14.9 Å². The topological polar surface area (TPSA) is 49.8 Å². The molecule has 0 radical (unpaired) electrons. The average Bonchev–Trinajstić information content (AvgIpc) is 2.38. The van der Waals surface area contributed by atoms with Crippen LogP contribution < -0.4 is 4.90 Å². The lowest BCUT2D eigenvalue weighted by molar-refractivity contribution is -0.130. The maximum absolute atomic E-state index is 12.1. The molecule has 4 heteroatoms. The van der Waals surface area contributed by atoms with Crippen molar-refractivity contribution in [3.8, 4) is 0 Å². The Hall–Kier alpha value is -1.39. The number of carbonyl (C=O) groups is 1. The summed E-state index contributed by atoms with van der Waals surface area (Å²) in [6, 6.07) is 7.92. The number of ether oxygens (including phenoxy) is 1. The van der Waals surface area contributed by atoms with E-state index in [0.717, 1.165) is 11.3 Å². The first kappa shape index (κ1) is 14.0. The molecule has 19 heavy (non-hydrogen) atoms. The van der Waals surface area contributed by atoms with Gasteiger partial charge >= 0.3 is 0 Å². The predicted octanol–water partition coefficient (Wildman–Crippen LogP) is 1.71. The van der Waals surface area contributed by atoms with E-state index in [9.17, 15) is 9.90 Å². The Labute approximate surface area is 114 Å². The standard InChI is InChI=1S/C15H21NO3/c1-15(2,3)12-6-4-5-7-13(12)16-8-11(9-17)19-10-14(16)18/h4-7,11,17H,8-10H2,1-3H3. The van der Waals surface area contributed by atoms with Crippen LogP contribution in [0.25, 0.3) is 0 Å². The van der Waals surface area contributed by atoms with Gasteiger partial charge < -0.3 is 14.7 Å². The summed E-state index contributed by atoms with van der Waals surface area (Å²) >= 11 is 0. The van der Waals surface area contributed by atoms with Crippen molar-refractivity contribution in [3.05, 3.63) is 29.8 Å². The number of amides is 1. The van der Waals surface area contributed by atoms with Crippen molar-refractivity contribution in [2.24, 2.45) is 0 Å². The van der Waals surface area contributed by atoms with Gasteiger partial charge in [0.1, 0.15) is 6.61 Å². The zero-order valence-electron chi connectivity index (χ0n) is 11.7. The Morgan fingerprint density at radius 1 is 1.37 bits per heavy atom. The van der Waals surface area contributed by atoms with Crippen LogP contribution >= 0.6 is 0 Å². The predicted molar refractivity (Wildman–Crippen MR) is 74.3 cm³/mol. The van der Waals surface area contributed by atoms with Crippen LogP contribution in [0.5, 0.6) is 0 Å². The smallest absolute Gasteiger partial charge is 0.253 e. The number of hydrogen-bond donors (Lipinski definition) is 1. The maximum Gasteiger partial charge on any atom is 0.253 e. The van der Waals surface area contributed by atoms with Crippen molar-refractivity contribution in [1.29, 1.82) is 0 Å². The first-order chi connectivity index (χ1) is 8.93. The molecule has 104 valence electrons. The van der Waals surface area contributed by atoms with Gasteiger partial charge in [-0.05, 0) is 17.0 Å². The minimum atomic E-state index is -0.300. The molecule has 0 spiro atoms. The lowest BCUT2D eigenvalue weighted by Gasteiger charge is -2.35. The summed E-state index contributed by atoms with van der Waals surface area (Å²) in [5.41, 5.74) is 2.01. The molecule has 0 aromatic heterocycles. The largest absolute Gasteiger partial charge is 0.394 e. The number of morpholine rings is 1. The number of aliphatic hydroxyl groups excluding tert-OH is 1. The Morgan fingerprint density at radius 2 is 2.05 bits per heavy atom. The second kappa shape index (κ2) is 5.31. The van der Waals surface area contributed by atoms with Crippen molar-refractivity contribution >= 4 is 11.6 Å². The lowest BCUT2D eigenvalue weighted by atomic mass is 9.85. The molecule has 2 rings (SSSR count). The minimum Gasteiger partial charge on any atom is -0.394 e. The monoisotopic (exact) mass is 263 g/mol. The first-order valence-corrected chi connectivity index (χ1v) is 6.56. The molecule has 1 saturated heterocycles. The van der Waals surface area contributed by atoms with Gasteiger partial charge in [-0.1, -0.05) is 39.0 Å². The second-order valence-corrected chi connectivity index (χ2v) is 5.89. The first-order valence-electron chi connectivity index (χ1n) is 6.56. The van der Waals surface area contributed by atoms with E-state index in [0.29, 0.717) is 6.54 Å². The molecule has 4 nitrogen and oxygen atoms in total. The molecule has 0 bridgehead atoms. The number of carbonyl (C=O) groups excluding carboxylic acids is 1. The molecule has 0 aliphatic carbocycles. The van der Waals surface area contributed by atoms with Crippen LogP contribution in [0.2, 0.25) is 0 Å². The zero-order valence-corrected chi connectivity index (χ0v) is 11.7. The van der Waals surface area contributed by atoms with E-state index >= 15 is 0 Å². The highest BCUT2D eigenvalue weighted by Crippen LogP contribution is 2.32. The summed E-state index contributed by atoms with van der Waals surface area (Å²) < 4.78 is 5.28. The SMILES string of the molecule is CC(C)(C)c1ccccc1N1CC(CO)OCC1=O. The third kappa shape index (κ3) is 2.96. The summed E-state index contributed by atoms with van der Waals surface area (Å²) in [6.45, 7) is 6.74. The number of nitrogens with zero attached hydrogens (tertiary/aromatic N) is 1. The van der Waals surface area contributed by atoms with Crippen LogP contribution in [-0.4, -0.2) is 36.9 Å². The molecule has 1 aliphatic rings. The summed E-state index contributed by atoms with van der Waals surface area (Å²) in [7, 11) is 0. The van der Waals surface area contributed by atoms with Gasteiger partial charge in [-0.25, -0.2) is 0 Å². The van der Waals surface area contributed by atoms with Gasteiger partial charge in [0.25, 0.3) is 5.91 Å². The highest BCUT2D eigenvalue weighted by atomic mass is 16.5. The summed E-state index contributed by atoms with van der Waals surface area (Å²) in [5.74, 6) is -0.0543. The van der Waals surface area contributed by atoms with Crippen molar-refractivity contribution < 1.29 is 14.6 Å². The Balaban J connectivity index is 2.37. The molecule has 1 atom stereocenters. The number of aliphatic hydroxyl groups is 1. The van der Waals surface area contributed by atoms with Crippen LogP contribution in [0.4, 0.5) is 5.69 Å². The fourth-order valence-corrected chi connectivity index (χ4v) is 2.31. The highest BCUT2D eigenvalue weighted by Gasteiger charge is 2.30. The van der Waals surface area contributed by atoms with Gasteiger partial charge in [0, 0.05) is 5.69 Å². The van der Waals surface area contributed by atoms with Gasteiger partial charge in [-0.2, -0.15) is 0 Å². The fourth-order valence-electron chi connectivity index (χ4n) is 2.31. The van der Waals surface area contributed by atoms with Gasteiger partial charge in [-0.15, -0.1) is 0 Å². The number of hydrogen-bond acceptors (Lipinski definition) is 3. The van der Waals surface area contributed by atoms with Gasteiger partial charge in [0.15, 0.2) is 0 Å². The molecule has 1 aromatic carbocycles. The van der Waals surface area contributed by atoms with E-state index in [4.69, 9.17) is 4.74 Å². The Bertz CT molecular complexity index is 465. The number of rotatable bonds is 2. The van der Waals surface area contributed by atoms with Crippen molar-refractivity contribution in [1.82, 2.24) is 0 Å². The molecule has 0 saturated carbocycles. The maximum atomic E-state index is 12.1. The van der Waals surface area contributed by atoms with Gasteiger partial charge in [-0.3, -0.25) is 4.79 Å². The summed E-state index contributed by atoms with van der Waals surface area (Å²) in [5, 5.41) is 9.21. The van der Waals surface area contributed by atoms with E-state index in [1.54, 1.807) is 4.90 Å². The lowest BCUT2D eigenvalue weighted by Crippen LogP contribution is -2.48. The van der Waals surface area contributed by atoms with E-state index in [-0.39, 0.29) is 30.6 Å². The van der Waals surface area contributed by atoms with Gasteiger partial charge in [0.2, 0.25) is 0 Å². The van der Waals surface area contributed by atoms with Gasteiger partial charge in [0.05, 0.1) is 19.3 Å². The summed E-state index contributed by atoms with van der Waals surface area (Å²) in [4.78, 5) is 13.8. The molecule has 1 aromatic rings. The molecule has 1 amide bonds. The van der Waals surface area contributed by atoms with E-state index in [1.807, 2.05) is 24.3 Å². The molecule has 1 heterocycles. The van der Waals surface area contributed by atoms with Crippen molar-refractivity contribution in [2.75, 3.05) is 24.7 Å². The van der Waals surface area contributed by atoms with Crippen molar-refractivity contribution in [2.45, 2.75) is 32.3 Å². The van der Waals surface area contributed by atoms with Crippen LogP contribution in [0.15, 0.2) is 24.3 Å². The van der Waals surface area contributed by atoms with Crippen LogP contribution in [0, 0.1) is 0 Å². The van der Waals surface area contributed by atoms with Crippen LogP contribution in [0.1, 0.15) is 26.3 Å². The fraction of sp³-hybridized carbons (Fsp3) is 0.533. The van der Waals surface area contributed by atoms with Crippen LogP contribution in [0.3, 0.4) is 0 Å². The minimum absolute atomic E-state index is 0.0315. The third-order valence-corrected chi connectivity index (χ3v) is 3.34. The molecule has 1 N–H and O–H groups in total. The second-order valence-electron chi connectivity index (χ2n) is 5.89. The summed E-state index contributed by atoms with van der Waals surface area (Å²) in [6.07, 6.45) is -0.300. The molecule has 1 fully saturated rings. The zero-order chi connectivity index (χ0) is 14.0. The van der Waals surface area contributed by atoms with Crippen molar-refractivity contribution in [3.63, 3.8) is 0 Å². The van der Waals surface area contributed by atoms with E-state index in [1.165, 1.54) is 0 Å². The molecular weight excluding hydrogens is 242 g/mol. The third-order valence-electron chi connectivity index (χ3n) is 3.34.